The number of aliphatic imine (C=N–C) groups is 1. The Morgan fingerprint density at radius 2 is 2.03 bits per heavy atom. The van der Waals surface area contributed by atoms with Gasteiger partial charge in [0, 0.05) is 64.3 Å². The number of anilines is 2. The number of nitrogens with zero attached hydrogens (tertiary/aromatic N) is 6. The Morgan fingerprint density at radius 3 is 2.62 bits per heavy atom. The van der Waals surface area contributed by atoms with E-state index in [2.05, 4.69) is 20.7 Å². The number of aryl methyl sites for hydroxylation is 1. The molecule has 1 aliphatic heterocycles. The van der Waals surface area contributed by atoms with Gasteiger partial charge >= 0.3 is 0 Å². The third-order valence-electron chi connectivity index (χ3n) is 4.55. The van der Waals surface area contributed by atoms with E-state index in [1.807, 2.05) is 18.1 Å². The molecule has 29 heavy (non-hydrogen) atoms. The lowest BCUT2D eigenvalue weighted by Crippen LogP contribution is -2.55. The molecule has 11 nitrogen and oxygen atoms in total. The van der Waals surface area contributed by atoms with Gasteiger partial charge in [-0.05, 0) is 12.1 Å². The minimum absolute atomic E-state index is 0.00351. The molecule has 0 radical (unpaired) electrons. The predicted octanol–water partition coefficient (Wildman–Crippen LogP) is 0.664. The highest BCUT2D eigenvalue weighted by atomic mass is 16.6. The van der Waals surface area contributed by atoms with Crippen LogP contribution in [0, 0.1) is 10.1 Å². The summed E-state index contributed by atoms with van der Waals surface area (Å²) in [4.78, 5) is 30.7. The topological polar surface area (TPSA) is 121 Å². The number of nitro benzene ring substituents is 1. The Morgan fingerprint density at radius 1 is 1.28 bits per heavy atom. The molecule has 0 aliphatic carbocycles. The second-order valence-electron chi connectivity index (χ2n) is 6.54. The number of hydrogen-bond donors (Lipinski definition) is 2. The van der Waals surface area contributed by atoms with Gasteiger partial charge in [0.1, 0.15) is 6.54 Å². The number of non-ortho nitro benzene ring substituents is 1. The van der Waals surface area contributed by atoms with Gasteiger partial charge < -0.3 is 20.4 Å². The van der Waals surface area contributed by atoms with Crippen molar-refractivity contribution in [1.82, 2.24) is 20.0 Å². The molecule has 3 rings (SSSR count). The lowest BCUT2D eigenvalue weighted by Gasteiger charge is -2.35. The monoisotopic (exact) mass is 400 g/mol. The molecule has 11 heteroatoms. The first-order valence-electron chi connectivity index (χ1n) is 9.21. The van der Waals surface area contributed by atoms with Crippen LogP contribution in [0.3, 0.4) is 0 Å². The number of carbonyl (C=O) groups is 1. The van der Waals surface area contributed by atoms with Crippen LogP contribution in [0.4, 0.5) is 17.1 Å². The molecule has 1 saturated heterocycles. The molecule has 0 saturated carbocycles. The van der Waals surface area contributed by atoms with Crippen LogP contribution in [0.15, 0.2) is 41.7 Å². The van der Waals surface area contributed by atoms with Crippen LogP contribution in [0.5, 0.6) is 0 Å². The number of guanidine groups is 1. The number of rotatable bonds is 6. The van der Waals surface area contributed by atoms with E-state index in [0.717, 1.165) is 11.4 Å². The fourth-order valence-electron chi connectivity index (χ4n) is 3.09. The zero-order valence-corrected chi connectivity index (χ0v) is 16.4. The maximum atomic E-state index is 12.5. The summed E-state index contributed by atoms with van der Waals surface area (Å²) in [6.45, 7) is 2.65. The van der Waals surface area contributed by atoms with Crippen molar-refractivity contribution >= 4 is 28.9 Å². The van der Waals surface area contributed by atoms with Crippen LogP contribution in [0.25, 0.3) is 0 Å². The molecule has 2 heterocycles. The van der Waals surface area contributed by atoms with Gasteiger partial charge in [-0.2, -0.15) is 5.10 Å². The van der Waals surface area contributed by atoms with E-state index in [-0.39, 0.29) is 18.1 Å². The highest BCUT2D eigenvalue weighted by Crippen LogP contribution is 2.16. The van der Waals surface area contributed by atoms with Gasteiger partial charge in [0.05, 0.1) is 16.8 Å². The van der Waals surface area contributed by atoms with Crippen molar-refractivity contribution in [2.75, 3.05) is 50.0 Å². The second-order valence-corrected chi connectivity index (χ2v) is 6.54. The van der Waals surface area contributed by atoms with Crippen LogP contribution < -0.4 is 15.5 Å². The SMILES string of the molecule is CN=C(NCCNc1ccc([N+](=O)[O-])cc1)N1CCN(c2cnn(C)c2)C(=O)C1. The van der Waals surface area contributed by atoms with E-state index in [0.29, 0.717) is 32.1 Å². The summed E-state index contributed by atoms with van der Waals surface area (Å²) in [6, 6.07) is 6.26. The number of benzene rings is 1. The molecule has 0 bridgehead atoms. The zero-order valence-electron chi connectivity index (χ0n) is 16.4. The number of piperazine rings is 1. The Kier molecular flexibility index (Phi) is 6.27. The molecular formula is C18H24N8O3. The molecule has 1 aliphatic rings. The van der Waals surface area contributed by atoms with Crippen molar-refractivity contribution in [3.8, 4) is 0 Å². The van der Waals surface area contributed by atoms with Crippen molar-refractivity contribution in [2.24, 2.45) is 12.0 Å². The molecule has 0 unspecified atom stereocenters. The van der Waals surface area contributed by atoms with E-state index in [9.17, 15) is 14.9 Å². The Bertz CT molecular complexity index is 893. The summed E-state index contributed by atoms with van der Waals surface area (Å²) in [6.07, 6.45) is 3.51. The quantitative estimate of drug-likeness (QED) is 0.240. The molecular weight excluding hydrogens is 376 g/mol. The van der Waals surface area contributed by atoms with Crippen molar-refractivity contribution in [2.45, 2.75) is 0 Å². The molecule has 2 aromatic rings. The lowest BCUT2D eigenvalue weighted by molar-refractivity contribution is -0.384. The van der Waals surface area contributed by atoms with Gasteiger partial charge in [0.25, 0.3) is 5.69 Å². The van der Waals surface area contributed by atoms with Crippen molar-refractivity contribution < 1.29 is 9.72 Å². The smallest absolute Gasteiger partial charge is 0.269 e. The maximum absolute atomic E-state index is 12.5. The van der Waals surface area contributed by atoms with Crippen molar-refractivity contribution in [3.63, 3.8) is 0 Å². The number of carbonyl (C=O) groups excluding carboxylic acids is 1. The summed E-state index contributed by atoms with van der Waals surface area (Å²) >= 11 is 0. The largest absolute Gasteiger partial charge is 0.383 e. The Labute approximate surface area is 168 Å². The number of aromatic nitrogens is 2. The third-order valence-corrected chi connectivity index (χ3v) is 4.55. The van der Waals surface area contributed by atoms with Crippen LogP contribution in [0.2, 0.25) is 0 Å². The van der Waals surface area contributed by atoms with E-state index >= 15 is 0 Å². The molecule has 1 fully saturated rings. The Hall–Kier alpha value is -3.63. The van der Waals surface area contributed by atoms with E-state index in [4.69, 9.17) is 0 Å². The average Bonchev–Trinajstić information content (AvgIpc) is 3.14. The minimum Gasteiger partial charge on any atom is -0.383 e. The minimum atomic E-state index is -0.426. The number of amides is 1. The average molecular weight is 400 g/mol. The highest BCUT2D eigenvalue weighted by molar-refractivity contribution is 5.98. The summed E-state index contributed by atoms with van der Waals surface area (Å²) in [5.74, 6) is 0.658. The van der Waals surface area contributed by atoms with Gasteiger partial charge in [-0.25, -0.2) is 0 Å². The third kappa shape index (κ3) is 5.00. The number of nitro groups is 1. The van der Waals surface area contributed by atoms with Gasteiger partial charge in [0.2, 0.25) is 5.91 Å². The molecule has 1 aromatic heterocycles. The van der Waals surface area contributed by atoms with Crippen LogP contribution in [-0.4, -0.2) is 71.2 Å². The highest BCUT2D eigenvalue weighted by Gasteiger charge is 2.27. The van der Waals surface area contributed by atoms with E-state index in [1.54, 1.807) is 35.0 Å². The molecule has 0 atom stereocenters. The molecule has 0 spiro atoms. The summed E-state index contributed by atoms with van der Waals surface area (Å²) in [7, 11) is 3.50. The normalized spacial score (nSPS) is 14.8. The molecule has 2 N–H and O–H groups in total. The standard InChI is InChI=1S/C18H24N8O3/c1-19-18(21-8-7-20-14-3-5-15(6-4-14)26(28)29)24-9-10-25(17(27)13-24)16-11-22-23(2)12-16/h3-6,11-12,20H,7-10,13H2,1-2H3,(H,19,21). The van der Waals surface area contributed by atoms with Crippen LogP contribution >= 0.6 is 0 Å². The zero-order chi connectivity index (χ0) is 20.8. The molecule has 1 aromatic carbocycles. The van der Waals surface area contributed by atoms with Gasteiger partial charge in [0.15, 0.2) is 5.96 Å². The first kappa shape index (κ1) is 20.1. The van der Waals surface area contributed by atoms with Crippen LogP contribution in [0.1, 0.15) is 0 Å². The van der Waals surface area contributed by atoms with E-state index < -0.39 is 4.92 Å². The van der Waals surface area contributed by atoms with Gasteiger partial charge in [-0.1, -0.05) is 0 Å². The molecule has 154 valence electrons. The number of hydrogen-bond acceptors (Lipinski definition) is 6. The maximum Gasteiger partial charge on any atom is 0.269 e. The fraction of sp³-hybridized carbons (Fsp3) is 0.389. The second kappa shape index (κ2) is 9.04. The molecule has 1 amide bonds. The van der Waals surface area contributed by atoms with Gasteiger partial charge in [-0.3, -0.25) is 24.6 Å². The van der Waals surface area contributed by atoms with E-state index in [1.165, 1.54) is 12.1 Å². The summed E-state index contributed by atoms with van der Waals surface area (Å²) in [5.41, 5.74) is 1.66. The predicted molar refractivity (Wildman–Crippen MR) is 110 cm³/mol. The fourth-order valence-corrected chi connectivity index (χ4v) is 3.09. The summed E-state index contributed by atoms with van der Waals surface area (Å²) in [5, 5.41) is 21.2. The van der Waals surface area contributed by atoms with Gasteiger partial charge in [-0.15, -0.1) is 0 Å². The van der Waals surface area contributed by atoms with Crippen molar-refractivity contribution in [1.29, 1.82) is 0 Å². The first-order valence-corrected chi connectivity index (χ1v) is 9.21. The van der Waals surface area contributed by atoms with Crippen molar-refractivity contribution in [3.05, 3.63) is 46.8 Å². The van der Waals surface area contributed by atoms with Crippen LogP contribution in [-0.2, 0) is 11.8 Å². The Balaban J connectivity index is 1.46. The number of nitrogens with one attached hydrogen (secondary N) is 2. The lowest BCUT2D eigenvalue weighted by atomic mass is 10.3. The summed E-state index contributed by atoms with van der Waals surface area (Å²) < 4.78 is 1.67. The first-order chi connectivity index (χ1) is 14.0.